The van der Waals surface area contributed by atoms with Crippen LogP contribution in [0.3, 0.4) is 0 Å². The van der Waals surface area contributed by atoms with Gasteiger partial charge in [-0.2, -0.15) is 0 Å². The van der Waals surface area contributed by atoms with Crippen molar-refractivity contribution in [3.63, 3.8) is 0 Å². The fourth-order valence-electron chi connectivity index (χ4n) is 1.89. The summed E-state index contributed by atoms with van der Waals surface area (Å²) in [6, 6.07) is 6.01. The molecule has 90 valence electrons. The third-order valence-corrected chi connectivity index (χ3v) is 3.73. The number of aliphatic hydroxyl groups is 1. The molecule has 2 atom stereocenters. The van der Waals surface area contributed by atoms with Crippen molar-refractivity contribution in [3.05, 3.63) is 33.8 Å². The highest BCUT2D eigenvalue weighted by molar-refractivity contribution is 9.10. The van der Waals surface area contributed by atoms with E-state index < -0.39 is 6.10 Å². The van der Waals surface area contributed by atoms with Gasteiger partial charge in [-0.05, 0) is 31.0 Å². The van der Waals surface area contributed by atoms with Gasteiger partial charge < -0.3 is 10.8 Å². The molecule has 0 saturated carbocycles. The minimum absolute atomic E-state index is 0.0955. The number of halogens is 1. The van der Waals surface area contributed by atoms with Gasteiger partial charge >= 0.3 is 0 Å². The Morgan fingerprint density at radius 2 is 2.00 bits per heavy atom. The molecule has 0 radical (unpaired) electrons. The highest BCUT2D eigenvalue weighted by atomic mass is 79.9. The van der Waals surface area contributed by atoms with E-state index in [1.54, 1.807) is 0 Å². The lowest BCUT2D eigenvalue weighted by molar-refractivity contribution is 0.0854. The van der Waals surface area contributed by atoms with Gasteiger partial charge in [0.1, 0.15) is 0 Å². The summed E-state index contributed by atoms with van der Waals surface area (Å²) >= 11 is 3.48. The second-order valence-corrected chi connectivity index (χ2v) is 5.47. The molecule has 0 bridgehead atoms. The van der Waals surface area contributed by atoms with Gasteiger partial charge in [-0.1, -0.05) is 47.5 Å². The van der Waals surface area contributed by atoms with Crippen LogP contribution in [0.5, 0.6) is 0 Å². The molecule has 2 unspecified atom stereocenters. The summed E-state index contributed by atoms with van der Waals surface area (Å²) in [5.74, 6) is 0.463. The van der Waals surface area contributed by atoms with Crippen molar-refractivity contribution in [2.24, 2.45) is 17.6 Å². The number of aliphatic hydroxyl groups excluding tert-OH is 1. The second-order valence-electron chi connectivity index (χ2n) is 4.61. The van der Waals surface area contributed by atoms with Gasteiger partial charge in [0.25, 0.3) is 0 Å². The molecule has 0 heterocycles. The number of nitrogens with two attached hydrogens (primary N) is 1. The first-order valence-corrected chi connectivity index (χ1v) is 6.40. The van der Waals surface area contributed by atoms with E-state index in [-0.39, 0.29) is 5.92 Å². The molecule has 2 nitrogen and oxygen atoms in total. The van der Waals surface area contributed by atoms with Gasteiger partial charge in [0, 0.05) is 10.4 Å². The third kappa shape index (κ3) is 3.06. The van der Waals surface area contributed by atoms with Crippen LogP contribution in [0.2, 0.25) is 0 Å². The molecule has 0 aromatic heterocycles. The van der Waals surface area contributed by atoms with Crippen LogP contribution >= 0.6 is 15.9 Å². The lowest BCUT2D eigenvalue weighted by Gasteiger charge is -2.26. The molecule has 3 N–H and O–H groups in total. The van der Waals surface area contributed by atoms with Crippen LogP contribution in [0.4, 0.5) is 0 Å². The topological polar surface area (TPSA) is 46.2 Å². The summed E-state index contributed by atoms with van der Waals surface area (Å²) < 4.78 is 0.949. The lowest BCUT2D eigenvalue weighted by Crippen LogP contribution is -2.26. The van der Waals surface area contributed by atoms with Crippen molar-refractivity contribution in [3.8, 4) is 0 Å². The van der Waals surface area contributed by atoms with Gasteiger partial charge in [0.05, 0.1) is 6.10 Å². The van der Waals surface area contributed by atoms with E-state index >= 15 is 0 Å². The fraction of sp³-hybridized carbons (Fsp3) is 0.538. The summed E-state index contributed by atoms with van der Waals surface area (Å²) in [4.78, 5) is 0. The molecular formula is C13H20BrNO. The van der Waals surface area contributed by atoms with Gasteiger partial charge in [0.15, 0.2) is 0 Å². The zero-order chi connectivity index (χ0) is 12.3. The van der Waals surface area contributed by atoms with Crippen LogP contribution in [-0.4, -0.2) is 11.7 Å². The zero-order valence-electron chi connectivity index (χ0n) is 10.1. The predicted octanol–water partition coefficient (Wildman–Crippen LogP) is 3.02. The van der Waals surface area contributed by atoms with E-state index in [2.05, 4.69) is 29.8 Å². The van der Waals surface area contributed by atoms with Crippen LogP contribution in [0.1, 0.15) is 31.1 Å². The monoisotopic (exact) mass is 285 g/mol. The minimum atomic E-state index is -0.501. The van der Waals surface area contributed by atoms with Crippen molar-refractivity contribution >= 4 is 15.9 Å². The molecule has 1 aromatic rings. The number of hydrogen-bond acceptors (Lipinski definition) is 2. The fourth-order valence-corrected chi connectivity index (χ4v) is 2.37. The first kappa shape index (κ1) is 13.7. The number of hydrogen-bond donors (Lipinski definition) is 2. The molecule has 0 aliphatic heterocycles. The smallest absolute Gasteiger partial charge is 0.0843 e. The number of benzene rings is 1. The van der Waals surface area contributed by atoms with Crippen molar-refractivity contribution in [1.29, 1.82) is 0 Å². The highest BCUT2D eigenvalue weighted by Gasteiger charge is 2.24. The van der Waals surface area contributed by atoms with Gasteiger partial charge in [-0.15, -0.1) is 0 Å². The summed E-state index contributed by atoms with van der Waals surface area (Å²) in [5, 5.41) is 10.3. The number of rotatable bonds is 4. The SMILES string of the molecule is Cc1ccc(Br)c(C(O)C(CN)C(C)C)c1. The average molecular weight is 286 g/mol. The zero-order valence-corrected chi connectivity index (χ0v) is 11.7. The lowest BCUT2D eigenvalue weighted by atomic mass is 9.86. The summed E-state index contributed by atoms with van der Waals surface area (Å²) in [6.07, 6.45) is -0.501. The molecule has 0 saturated heterocycles. The first-order chi connectivity index (χ1) is 7.47. The van der Waals surface area contributed by atoms with E-state index in [9.17, 15) is 5.11 Å². The Labute approximate surface area is 106 Å². The van der Waals surface area contributed by atoms with Crippen LogP contribution in [0.25, 0.3) is 0 Å². The standard InChI is InChI=1S/C13H20BrNO/c1-8(2)11(7-15)13(16)10-6-9(3)4-5-12(10)14/h4-6,8,11,13,16H,7,15H2,1-3H3. The molecule has 0 fully saturated rings. The predicted molar refractivity (Wildman–Crippen MR) is 71.2 cm³/mol. The molecular weight excluding hydrogens is 266 g/mol. The van der Waals surface area contributed by atoms with Crippen molar-refractivity contribution < 1.29 is 5.11 Å². The van der Waals surface area contributed by atoms with Crippen LogP contribution < -0.4 is 5.73 Å². The van der Waals surface area contributed by atoms with Gasteiger partial charge in [-0.3, -0.25) is 0 Å². The average Bonchev–Trinajstić information content (AvgIpc) is 2.22. The maximum Gasteiger partial charge on any atom is 0.0843 e. The third-order valence-electron chi connectivity index (χ3n) is 3.00. The van der Waals surface area contributed by atoms with Gasteiger partial charge in [0.2, 0.25) is 0 Å². The largest absolute Gasteiger partial charge is 0.388 e. The summed E-state index contributed by atoms with van der Waals surface area (Å²) in [6.45, 7) is 6.70. The van der Waals surface area contributed by atoms with Crippen LogP contribution in [0, 0.1) is 18.8 Å². The maximum atomic E-state index is 10.3. The first-order valence-electron chi connectivity index (χ1n) is 5.61. The molecule has 0 spiro atoms. The Bertz CT molecular complexity index is 352. The molecule has 1 aromatic carbocycles. The number of aryl methyl sites for hydroxylation is 1. The van der Waals surface area contributed by atoms with E-state index in [4.69, 9.17) is 5.73 Å². The van der Waals surface area contributed by atoms with E-state index in [0.29, 0.717) is 12.5 Å². The van der Waals surface area contributed by atoms with Crippen molar-refractivity contribution in [2.75, 3.05) is 6.54 Å². The van der Waals surface area contributed by atoms with E-state index in [1.165, 1.54) is 0 Å². The quantitative estimate of drug-likeness (QED) is 0.893. The van der Waals surface area contributed by atoms with Crippen LogP contribution in [-0.2, 0) is 0 Å². The highest BCUT2D eigenvalue weighted by Crippen LogP contribution is 2.32. The molecule has 0 aliphatic rings. The Morgan fingerprint density at radius 1 is 1.38 bits per heavy atom. The molecule has 3 heteroatoms. The Morgan fingerprint density at radius 3 is 2.50 bits per heavy atom. The van der Waals surface area contributed by atoms with Crippen LogP contribution in [0.15, 0.2) is 22.7 Å². The van der Waals surface area contributed by atoms with Gasteiger partial charge in [-0.25, -0.2) is 0 Å². The molecule has 0 aliphatic carbocycles. The Hall–Kier alpha value is -0.380. The molecule has 1 rings (SSSR count). The molecule has 0 amide bonds. The Balaban J connectivity index is 3.02. The normalized spacial score (nSPS) is 15.2. The van der Waals surface area contributed by atoms with E-state index in [0.717, 1.165) is 15.6 Å². The Kier molecular flexibility index (Phi) is 4.96. The molecule has 16 heavy (non-hydrogen) atoms. The van der Waals surface area contributed by atoms with Crippen molar-refractivity contribution in [2.45, 2.75) is 26.9 Å². The summed E-state index contributed by atoms with van der Waals surface area (Å²) in [5.41, 5.74) is 7.81. The maximum absolute atomic E-state index is 10.3. The second kappa shape index (κ2) is 5.80. The minimum Gasteiger partial charge on any atom is -0.388 e. The van der Waals surface area contributed by atoms with E-state index in [1.807, 2.05) is 25.1 Å². The summed E-state index contributed by atoms with van der Waals surface area (Å²) in [7, 11) is 0. The van der Waals surface area contributed by atoms with Crippen molar-refractivity contribution in [1.82, 2.24) is 0 Å².